The Hall–Kier alpha value is -0.870. The molecule has 1 aliphatic rings. The van der Waals surface area contributed by atoms with Crippen LogP contribution in [0.1, 0.15) is 32.0 Å². The summed E-state index contributed by atoms with van der Waals surface area (Å²) >= 11 is 0. The van der Waals surface area contributed by atoms with Crippen LogP contribution < -0.4 is 5.73 Å². The first-order chi connectivity index (χ1) is 7.15. The van der Waals surface area contributed by atoms with Crippen LogP contribution in [-0.2, 0) is 6.54 Å². The number of aromatic nitrogens is 2. The Morgan fingerprint density at radius 2 is 2.40 bits per heavy atom. The van der Waals surface area contributed by atoms with Crippen molar-refractivity contribution >= 4 is 0 Å². The maximum absolute atomic E-state index is 5.86. The molecular formula is C11H20N4. The molecule has 0 saturated carbocycles. The van der Waals surface area contributed by atoms with Gasteiger partial charge in [0, 0.05) is 37.9 Å². The van der Waals surface area contributed by atoms with Crippen LogP contribution in [0.2, 0.25) is 0 Å². The molecule has 0 unspecified atom stereocenters. The van der Waals surface area contributed by atoms with Crippen LogP contribution in [0.25, 0.3) is 0 Å². The first-order valence-electron chi connectivity index (χ1n) is 5.67. The summed E-state index contributed by atoms with van der Waals surface area (Å²) in [5, 5.41) is 4.53. The fraction of sp³-hybridized carbons (Fsp3) is 0.727. The molecule has 0 radical (unpaired) electrons. The van der Waals surface area contributed by atoms with E-state index in [2.05, 4.69) is 36.1 Å². The minimum Gasteiger partial charge on any atom is -0.326 e. The molecule has 2 heterocycles. The normalized spacial score (nSPS) is 22.8. The van der Waals surface area contributed by atoms with E-state index >= 15 is 0 Å². The van der Waals surface area contributed by atoms with Crippen LogP contribution in [-0.4, -0.2) is 33.8 Å². The van der Waals surface area contributed by atoms with Gasteiger partial charge in [0.25, 0.3) is 0 Å². The van der Waals surface area contributed by atoms with E-state index in [0.29, 0.717) is 12.1 Å². The smallest absolute Gasteiger partial charge is 0.0764 e. The van der Waals surface area contributed by atoms with E-state index in [0.717, 1.165) is 31.7 Å². The maximum atomic E-state index is 5.86. The zero-order valence-corrected chi connectivity index (χ0v) is 9.56. The molecule has 1 atom stereocenters. The van der Waals surface area contributed by atoms with Crippen LogP contribution in [0.3, 0.4) is 0 Å². The van der Waals surface area contributed by atoms with Gasteiger partial charge < -0.3 is 5.73 Å². The van der Waals surface area contributed by atoms with Gasteiger partial charge in [0.1, 0.15) is 0 Å². The molecule has 1 fully saturated rings. The van der Waals surface area contributed by atoms with E-state index in [1.165, 1.54) is 0 Å². The quantitative estimate of drug-likeness (QED) is 0.806. The van der Waals surface area contributed by atoms with Gasteiger partial charge in [-0.15, -0.1) is 0 Å². The van der Waals surface area contributed by atoms with Crippen molar-refractivity contribution in [2.24, 2.45) is 5.73 Å². The summed E-state index contributed by atoms with van der Waals surface area (Å²) in [5.74, 6) is 0. The van der Waals surface area contributed by atoms with E-state index in [1.54, 1.807) is 0 Å². The van der Waals surface area contributed by atoms with Gasteiger partial charge in [0.05, 0.1) is 5.69 Å². The summed E-state index contributed by atoms with van der Waals surface area (Å²) < 4.78 is 2.01. The molecule has 0 aliphatic carbocycles. The van der Waals surface area contributed by atoms with Gasteiger partial charge in [0.15, 0.2) is 0 Å². The van der Waals surface area contributed by atoms with E-state index < -0.39 is 0 Å². The van der Waals surface area contributed by atoms with Gasteiger partial charge in [-0.2, -0.15) is 5.10 Å². The van der Waals surface area contributed by atoms with Crippen molar-refractivity contribution in [1.82, 2.24) is 14.7 Å². The average Bonchev–Trinajstić information content (AvgIpc) is 2.76. The Bertz CT molecular complexity index is 318. The zero-order chi connectivity index (χ0) is 10.8. The highest BCUT2D eigenvalue weighted by molar-refractivity contribution is 5.00. The molecule has 84 valence electrons. The Kier molecular flexibility index (Phi) is 3.07. The van der Waals surface area contributed by atoms with Crippen LogP contribution in [0.5, 0.6) is 0 Å². The standard InChI is InChI=1S/C11H20N4/c1-9(2)15-6-4-11(13-15)8-14-5-3-10(12)7-14/h4,6,9-10H,3,5,7-8,12H2,1-2H3/t10-/m0/s1. The lowest BCUT2D eigenvalue weighted by Gasteiger charge is -2.13. The zero-order valence-electron chi connectivity index (χ0n) is 9.56. The topological polar surface area (TPSA) is 47.1 Å². The minimum absolute atomic E-state index is 0.359. The molecule has 15 heavy (non-hydrogen) atoms. The van der Waals surface area contributed by atoms with Crippen LogP contribution in [0.15, 0.2) is 12.3 Å². The molecule has 0 spiro atoms. The molecule has 4 heteroatoms. The predicted octanol–water partition coefficient (Wildman–Crippen LogP) is 0.997. The number of nitrogens with zero attached hydrogens (tertiary/aromatic N) is 3. The first-order valence-corrected chi connectivity index (χ1v) is 5.67. The molecule has 1 aromatic heterocycles. The van der Waals surface area contributed by atoms with Gasteiger partial charge in [0.2, 0.25) is 0 Å². The molecule has 4 nitrogen and oxygen atoms in total. The van der Waals surface area contributed by atoms with E-state index in [4.69, 9.17) is 5.73 Å². The fourth-order valence-electron chi connectivity index (χ4n) is 1.98. The summed E-state index contributed by atoms with van der Waals surface area (Å²) in [6.07, 6.45) is 3.17. The van der Waals surface area contributed by atoms with Crippen molar-refractivity contribution in [3.05, 3.63) is 18.0 Å². The van der Waals surface area contributed by atoms with Gasteiger partial charge in [-0.05, 0) is 26.3 Å². The number of hydrogen-bond donors (Lipinski definition) is 1. The lowest BCUT2D eigenvalue weighted by molar-refractivity contribution is 0.320. The Morgan fingerprint density at radius 1 is 1.60 bits per heavy atom. The van der Waals surface area contributed by atoms with Crippen molar-refractivity contribution in [1.29, 1.82) is 0 Å². The summed E-state index contributed by atoms with van der Waals surface area (Å²) in [6, 6.07) is 2.90. The molecule has 1 aliphatic heterocycles. The van der Waals surface area contributed by atoms with Crippen molar-refractivity contribution < 1.29 is 0 Å². The highest BCUT2D eigenvalue weighted by Crippen LogP contribution is 2.12. The van der Waals surface area contributed by atoms with E-state index in [-0.39, 0.29) is 0 Å². The Labute approximate surface area is 91.1 Å². The van der Waals surface area contributed by atoms with Crippen molar-refractivity contribution in [3.63, 3.8) is 0 Å². The summed E-state index contributed by atoms with van der Waals surface area (Å²) in [4.78, 5) is 2.37. The SMILES string of the molecule is CC(C)n1ccc(CN2CC[C@H](N)C2)n1. The predicted molar refractivity (Wildman–Crippen MR) is 60.5 cm³/mol. The summed E-state index contributed by atoms with van der Waals surface area (Å²) in [7, 11) is 0. The molecule has 2 N–H and O–H groups in total. The largest absolute Gasteiger partial charge is 0.326 e. The number of nitrogens with two attached hydrogens (primary N) is 1. The monoisotopic (exact) mass is 208 g/mol. The second-order valence-electron chi connectivity index (χ2n) is 4.66. The Morgan fingerprint density at radius 3 is 2.93 bits per heavy atom. The minimum atomic E-state index is 0.359. The molecule has 0 bridgehead atoms. The summed E-state index contributed by atoms with van der Waals surface area (Å²) in [6.45, 7) is 7.34. The highest BCUT2D eigenvalue weighted by atomic mass is 15.3. The fourth-order valence-corrected chi connectivity index (χ4v) is 1.98. The van der Waals surface area contributed by atoms with Crippen molar-refractivity contribution in [2.75, 3.05) is 13.1 Å². The molecule has 1 aromatic rings. The molecule has 0 aromatic carbocycles. The van der Waals surface area contributed by atoms with Gasteiger partial charge in [-0.3, -0.25) is 9.58 Å². The van der Waals surface area contributed by atoms with Gasteiger partial charge in [-0.25, -0.2) is 0 Å². The lowest BCUT2D eigenvalue weighted by Crippen LogP contribution is -2.26. The van der Waals surface area contributed by atoms with Crippen molar-refractivity contribution in [2.45, 2.75) is 38.9 Å². The highest BCUT2D eigenvalue weighted by Gasteiger charge is 2.19. The second-order valence-corrected chi connectivity index (χ2v) is 4.66. The number of rotatable bonds is 3. The maximum Gasteiger partial charge on any atom is 0.0764 e. The van der Waals surface area contributed by atoms with Crippen LogP contribution in [0.4, 0.5) is 0 Å². The van der Waals surface area contributed by atoms with Gasteiger partial charge in [-0.1, -0.05) is 0 Å². The second kappa shape index (κ2) is 4.33. The van der Waals surface area contributed by atoms with Crippen LogP contribution in [0, 0.1) is 0 Å². The third-order valence-corrected chi connectivity index (χ3v) is 2.89. The third kappa shape index (κ3) is 2.58. The number of hydrogen-bond acceptors (Lipinski definition) is 3. The average molecular weight is 208 g/mol. The van der Waals surface area contributed by atoms with E-state index in [9.17, 15) is 0 Å². The van der Waals surface area contributed by atoms with Crippen LogP contribution >= 0.6 is 0 Å². The molecular weight excluding hydrogens is 188 g/mol. The summed E-state index contributed by atoms with van der Waals surface area (Å²) in [5.41, 5.74) is 7.02. The molecule has 2 rings (SSSR count). The lowest BCUT2D eigenvalue weighted by atomic mass is 10.3. The third-order valence-electron chi connectivity index (χ3n) is 2.89. The Balaban J connectivity index is 1.93. The molecule has 1 saturated heterocycles. The first kappa shape index (κ1) is 10.6. The van der Waals surface area contributed by atoms with E-state index in [1.807, 2.05) is 4.68 Å². The van der Waals surface area contributed by atoms with Gasteiger partial charge >= 0.3 is 0 Å². The van der Waals surface area contributed by atoms with Crippen molar-refractivity contribution in [3.8, 4) is 0 Å². The number of likely N-dealkylation sites (tertiary alicyclic amines) is 1. The molecule has 0 amide bonds.